The molecule has 0 aliphatic rings. The third kappa shape index (κ3) is 2.78. The average Bonchev–Trinajstić information content (AvgIpc) is 2.97. The number of carbonyl (C=O) groups excluding carboxylic acids is 1. The van der Waals surface area contributed by atoms with Gasteiger partial charge in [-0.1, -0.05) is 48.5 Å². The molecule has 0 atom stereocenters. The van der Waals surface area contributed by atoms with Crippen LogP contribution >= 0.6 is 11.6 Å². The number of hydrogen-bond donors (Lipinski definition) is 0. The van der Waals surface area contributed by atoms with E-state index in [4.69, 9.17) is 16.3 Å². The van der Waals surface area contributed by atoms with E-state index < -0.39 is 6.09 Å². The van der Waals surface area contributed by atoms with Gasteiger partial charge in [0.2, 0.25) is 0 Å². The molecular formula is C17H14ClNO2. The normalized spacial score (nSPS) is 10.7. The van der Waals surface area contributed by atoms with Gasteiger partial charge in [-0.15, -0.1) is 11.6 Å². The third-order valence-corrected chi connectivity index (χ3v) is 3.63. The number of halogens is 1. The summed E-state index contributed by atoms with van der Waals surface area (Å²) >= 11 is 5.95. The molecule has 0 N–H and O–H groups in total. The second-order valence-corrected chi connectivity index (χ2v) is 4.98. The molecule has 3 nitrogen and oxygen atoms in total. The summed E-state index contributed by atoms with van der Waals surface area (Å²) in [7, 11) is 0. The highest BCUT2D eigenvalue weighted by molar-refractivity contribution is 6.18. The van der Waals surface area contributed by atoms with E-state index in [-0.39, 0.29) is 6.61 Å². The first-order valence-corrected chi connectivity index (χ1v) is 7.19. The van der Waals surface area contributed by atoms with Crippen LogP contribution in [0.15, 0.2) is 60.8 Å². The molecule has 3 aromatic rings. The third-order valence-electron chi connectivity index (χ3n) is 3.34. The maximum atomic E-state index is 12.3. The lowest BCUT2D eigenvalue weighted by molar-refractivity contribution is 0.142. The van der Waals surface area contributed by atoms with Crippen LogP contribution in [-0.2, 0) is 17.2 Å². The Balaban J connectivity index is 1.85. The van der Waals surface area contributed by atoms with E-state index in [0.29, 0.717) is 5.88 Å². The first-order chi connectivity index (χ1) is 10.3. The lowest BCUT2D eigenvalue weighted by Crippen LogP contribution is -2.13. The van der Waals surface area contributed by atoms with Gasteiger partial charge in [0, 0.05) is 17.5 Å². The van der Waals surface area contributed by atoms with Crippen LogP contribution in [0.1, 0.15) is 11.1 Å². The number of rotatable bonds is 3. The van der Waals surface area contributed by atoms with Crippen LogP contribution in [0.5, 0.6) is 0 Å². The number of alkyl halides is 1. The van der Waals surface area contributed by atoms with Gasteiger partial charge in [0.15, 0.2) is 0 Å². The smallest absolute Gasteiger partial charge is 0.418 e. The number of benzene rings is 2. The van der Waals surface area contributed by atoms with E-state index in [2.05, 4.69) is 0 Å². The summed E-state index contributed by atoms with van der Waals surface area (Å²) in [6.45, 7) is 0.252. The van der Waals surface area contributed by atoms with Crippen molar-refractivity contribution >= 4 is 28.6 Å². The highest BCUT2D eigenvalue weighted by atomic mass is 35.5. The molecule has 0 saturated carbocycles. The van der Waals surface area contributed by atoms with Gasteiger partial charge in [0.05, 0.1) is 5.52 Å². The zero-order valence-electron chi connectivity index (χ0n) is 11.3. The molecule has 4 heteroatoms. The first kappa shape index (κ1) is 13.7. The molecule has 0 spiro atoms. The number of fused-ring (bicyclic) bond motifs is 1. The Labute approximate surface area is 127 Å². The summed E-state index contributed by atoms with van der Waals surface area (Å²) < 4.78 is 6.87. The Morgan fingerprint density at radius 1 is 1.05 bits per heavy atom. The Morgan fingerprint density at radius 2 is 1.86 bits per heavy atom. The highest BCUT2D eigenvalue weighted by Crippen LogP contribution is 2.22. The van der Waals surface area contributed by atoms with E-state index in [0.717, 1.165) is 22.0 Å². The molecule has 106 valence electrons. The van der Waals surface area contributed by atoms with Gasteiger partial charge in [0.1, 0.15) is 6.61 Å². The minimum Gasteiger partial charge on any atom is -0.444 e. The molecule has 0 fully saturated rings. The van der Waals surface area contributed by atoms with Crippen molar-refractivity contribution in [1.82, 2.24) is 4.57 Å². The van der Waals surface area contributed by atoms with Crippen molar-refractivity contribution in [2.45, 2.75) is 12.5 Å². The summed E-state index contributed by atoms with van der Waals surface area (Å²) in [5, 5.41) is 0.977. The van der Waals surface area contributed by atoms with E-state index in [9.17, 15) is 4.79 Å². The fourth-order valence-corrected chi connectivity index (χ4v) is 2.53. The summed E-state index contributed by atoms with van der Waals surface area (Å²) in [6.07, 6.45) is 1.32. The maximum Gasteiger partial charge on any atom is 0.418 e. The summed E-state index contributed by atoms with van der Waals surface area (Å²) in [5.74, 6) is 0.354. The van der Waals surface area contributed by atoms with Gasteiger partial charge in [-0.2, -0.15) is 0 Å². The van der Waals surface area contributed by atoms with Crippen molar-refractivity contribution in [3.8, 4) is 0 Å². The van der Waals surface area contributed by atoms with Gasteiger partial charge in [-0.05, 0) is 17.2 Å². The van der Waals surface area contributed by atoms with E-state index in [1.165, 1.54) is 4.57 Å². The first-order valence-electron chi connectivity index (χ1n) is 6.65. The molecule has 2 aromatic carbocycles. The standard InChI is InChI=1S/C17H14ClNO2/c18-11-15-8-4-7-14-9-10-19(16(14)15)17(20)21-12-13-5-2-1-3-6-13/h1-10H,11-12H2. The lowest BCUT2D eigenvalue weighted by Gasteiger charge is -2.08. The number of para-hydroxylation sites is 1. The van der Waals surface area contributed by atoms with Gasteiger partial charge >= 0.3 is 6.09 Å². The Bertz CT molecular complexity index is 765. The molecule has 0 aliphatic carbocycles. The predicted octanol–water partition coefficient (Wildman–Crippen LogP) is 4.57. The van der Waals surface area contributed by atoms with Crippen molar-refractivity contribution in [3.63, 3.8) is 0 Å². The number of hydrogen-bond acceptors (Lipinski definition) is 2. The van der Waals surface area contributed by atoms with E-state index >= 15 is 0 Å². The molecule has 1 heterocycles. The van der Waals surface area contributed by atoms with Gasteiger partial charge in [-0.3, -0.25) is 4.57 Å². The summed E-state index contributed by atoms with van der Waals surface area (Å²) in [4.78, 5) is 12.3. The molecule has 21 heavy (non-hydrogen) atoms. The Morgan fingerprint density at radius 3 is 2.62 bits per heavy atom. The van der Waals surface area contributed by atoms with Crippen LogP contribution in [0.3, 0.4) is 0 Å². The second-order valence-electron chi connectivity index (χ2n) is 4.71. The molecule has 1 aromatic heterocycles. The molecule has 0 aliphatic heterocycles. The van der Waals surface area contributed by atoms with Crippen LogP contribution in [-0.4, -0.2) is 10.7 Å². The van der Waals surface area contributed by atoms with Gasteiger partial charge in [-0.25, -0.2) is 4.79 Å². The number of ether oxygens (including phenoxy) is 1. The van der Waals surface area contributed by atoms with Crippen LogP contribution < -0.4 is 0 Å². The average molecular weight is 300 g/mol. The van der Waals surface area contributed by atoms with Gasteiger partial charge in [0.25, 0.3) is 0 Å². The molecule has 3 rings (SSSR count). The van der Waals surface area contributed by atoms with Crippen LogP contribution in [0.25, 0.3) is 10.9 Å². The fraction of sp³-hybridized carbons (Fsp3) is 0.118. The molecular weight excluding hydrogens is 286 g/mol. The van der Waals surface area contributed by atoms with Crippen molar-refractivity contribution in [2.75, 3.05) is 0 Å². The monoisotopic (exact) mass is 299 g/mol. The molecule has 0 radical (unpaired) electrons. The largest absolute Gasteiger partial charge is 0.444 e. The quantitative estimate of drug-likeness (QED) is 0.664. The van der Waals surface area contributed by atoms with Crippen LogP contribution in [0.4, 0.5) is 4.79 Å². The van der Waals surface area contributed by atoms with Crippen molar-refractivity contribution in [1.29, 1.82) is 0 Å². The number of nitrogens with zero attached hydrogens (tertiary/aromatic N) is 1. The van der Waals surface area contributed by atoms with E-state index in [1.807, 2.05) is 54.6 Å². The summed E-state index contributed by atoms with van der Waals surface area (Å²) in [6, 6.07) is 17.3. The lowest BCUT2D eigenvalue weighted by atomic mass is 10.2. The second kappa shape index (κ2) is 6.02. The Kier molecular flexibility index (Phi) is 3.93. The van der Waals surface area contributed by atoms with Crippen molar-refractivity contribution < 1.29 is 9.53 Å². The van der Waals surface area contributed by atoms with Crippen molar-refractivity contribution in [3.05, 3.63) is 71.9 Å². The molecule has 0 unspecified atom stereocenters. The van der Waals surface area contributed by atoms with Crippen LogP contribution in [0.2, 0.25) is 0 Å². The molecule has 0 bridgehead atoms. The van der Waals surface area contributed by atoms with Gasteiger partial charge < -0.3 is 4.74 Å². The topological polar surface area (TPSA) is 31.2 Å². The zero-order valence-corrected chi connectivity index (χ0v) is 12.1. The molecule has 0 saturated heterocycles. The molecule has 0 amide bonds. The van der Waals surface area contributed by atoms with E-state index in [1.54, 1.807) is 6.20 Å². The zero-order chi connectivity index (χ0) is 14.7. The minimum absolute atomic E-state index is 0.252. The highest BCUT2D eigenvalue weighted by Gasteiger charge is 2.13. The number of carbonyl (C=O) groups is 1. The maximum absolute atomic E-state index is 12.3. The summed E-state index contributed by atoms with van der Waals surface area (Å²) in [5.41, 5.74) is 2.68. The Hall–Kier alpha value is -2.26. The number of aromatic nitrogens is 1. The minimum atomic E-state index is -0.397. The van der Waals surface area contributed by atoms with Crippen LogP contribution in [0, 0.1) is 0 Å². The fourth-order valence-electron chi connectivity index (χ4n) is 2.32. The van der Waals surface area contributed by atoms with Crippen molar-refractivity contribution in [2.24, 2.45) is 0 Å². The SMILES string of the molecule is O=C(OCc1ccccc1)n1ccc2cccc(CCl)c21. The predicted molar refractivity (Wildman–Crippen MR) is 83.5 cm³/mol.